The third kappa shape index (κ3) is 6.47. The minimum Gasteiger partial charge on any atom is -0.362 e. The number of hydrogen-bond acceptors (Lipinski definition) is 2. The first kappa shape index (κ1) is 16.6. The van der Waals surface area contributed by atoms with E-state index in [1.54, 1.807) is 4.90 Å². The molecule has 0 heterocycles. The lowest BCUT2D eigenvalue weighted by atomic mass is 9.94. The van der Waals surface area contributed by atoms with E-state index < -0.39 is 25.3 Å². The molecule has 0 aromatic rings. The smallest absolute Gasteiger partial charge is 0.362 e. The number of ether oxygens (including phenoxy) is 1. The summed E-state index contributed by atoms with van der Waals surface area (Å²) >= 11 is 5.65. The number of halogens is 4. The van der Waals surface area contributed by atoms with E-state index in [-0.39, 0.29) is 11.9 Å². The second-order valence-electron chi connectivity index (χ2n) is 4.68. The normalized spacial score (nSPS) is 17.5. The fourth-order valence-electron chi connectivity index (χ4n) is 2.33. The number of nitrogens with zero attached hydrogens (tertiary/aromatic N) is 1. The lowest BCUT2D eigenvalue weighted by Gasteiger charge is -2.34. The van der Waals surface area contributed by atoms with Crippen molar-refractivity contribution in [3.05, 3.63) is 0 Å². The first-order valence-corrected chi connectivity index (χ1v) is 6.97. The second kappa shape index (κ2) is 7.94. The van der Waals surface area contributed by atoms with Crippen molar-refractivity contribution < 1.29 is 22.7 Å². The second-order valence-corrected chi connectivity index (χ2v) is 5.05. The molecule has 1 saturated carbocycles. The minimum atomic E-state index is -4.40. The van der Waals surface area contributed by atoms with Crippen LogP contribution in [-0.4, -0.2) is 48.7 Å². The Morgan fingerprint density at radius 3 is 2.42 bits per heavy atom. The standard InChI is InChI=1S/C12H19ClF3NO2/c13-6-7-17(10-4-2-1-3-5-10)11(18)8-19-9-12(14,15)16/h10H,1-9H2. The highest BCUT2D eigenvalue weighted by Gasteiger charge is 2.29. The van der Waals surface area contributed by atoms with Gasteiger partial charge >= 0.3 is 6.18 Å². The van der Waals surface area contributed by atoms with Crippen LogP contribution in [0.3, 0.4) is 0 Å². The number of carbonyl (C=O) groups is 1. The summed E-state index contributed by atoms with van der Waals surface area (Å²) in [7, 11) is 0. The molecule has 0 saturated heterocycles. The number of amides is 1. The molecular weight excluding hydrogens is 283 g/mol. The molecule has 1 rings (SSSR count). The molecule has 0 aliphatic heterocycles. The van der Waals surface area contributed by atoms with Crippen molar-refractivity contribution in [1.29, 1.82) is 0 Å². The molecule has 0 aromatic carbocycles. The predicted octanol–water partition coefficient (Wildman–Crippen LogP) is 2.97. The van der Waals surface area contributed by atoms with Gasteiger partial charge in [0.1, 0.15) is 13.2 Å². The number of hydrogen-bond donors (Lipinski definition) is 0. The Bertz CT molecular complexity index is 281. The molecule has 1 aliphatic carbocycles. The molecule has 7 heteroatoms. The summed E-state index contributed by atoms with van der Waals surface area (Å²) in [5.41, 5.74) is 0. The van der Waals surface area contributed by atoms with Gasteiger partial charge in [0.25, 0.3) is 0 Å². The molecule has 3 nitrogen and oxygen atoms in total. The summed E-state index contributed by atoms with van der Waals surface area (Å²) in [5.74, 6) is -0.126. The monoisotopic (exact) mass is 301 g/mol. The maximum absolute atomic E-state index is 11.9. The van der Waals surface area contributed by atoms with Crippen LogP contribution >= 0.6 is 11.6 Å². The zero-order valence-electron chi connectivity index (χ0n) is 10.7. The van der Waals surface area contributed by atoms with Crippen LogP contribution in [0.1, 0.15) is 32.1 Å². The van der Waals surface area contributed by atoms with E-state index in [0.717, 1.165) is 32.1 Å². The Hall–Kier alpha value is -0.490. The van der Waals surface area contributed by atoms with Crippen LogP contribution in [0.15, 0.2) is 0 Å². The van der Waals surface area contributed by atoms with Gasteiger partial charge in [-0.3, -0.25) is 4.79 Å². The Morgan fingerprint density at radius 2 is 1.89 bits per heavy atom. The topological polar surface area (TPSA) is 29.5 Å². The van der Waals surface area contributed by atoms with Crippen molar-refractivity contribution in [3.8, 4) is 0 Å². The zero-order chi connectivity index (χ0) is 14.3. The Morgan fingerprint density at radius 1 is 1.26 bits per heavy atom. The third-order valence-corrected chi connectivity index (χ3v) is 3.32. The molecule has 0 unspecified atom stereocenters. The average molecular weight is 302 g/mol. The van der Waals surface area contributed by atoms with E-state index in [2.05, 4.69) is 4.74 Å². The summed E-state index contributed by atoms with van der Waals surface area (Å²) in [4.78, 5) is 13.5. The number of carbonyl (C=O) groups excluding carboxylic acids is 1. The fourth-order valence-corrected chi connectivity index (χ4v) is 2.51. The molecule has 0 N–H and O–H groups in total. The summed E-state index contributed by atoms with van der Waals surface area (Å²) in [6, 6.07) is 0.0921. The van der Waals surface area contributed by atoms with E-state index in [4.69, 9.17) is 11.6 Å². The number of rotatable bonds is 6. The molecule has 112 valence electrons. The molecule has 0 aromatic heterocycles. The lowest BCUT2D eigenvalue weighted by molar-refractivity contribution is -0.178. The largest absolute Gasteiger partial charge is 0.411 e. The Labute approximate surface area is 116 Å². The molecule has 0 bridgehead atoms. The summed E-state index contributed by atoms with van der Waals surface area (Å²) < 4.78 is 40.2. The van der Waals surface area contributed by atoms with Gasteiger partial charge in [0.15, 0.2) is 0 Å². The molecular formula is C12H19ClF3NO2. The van der Waals surface area contributed by atoms with E-state index in [1.165, 1.54) is 0 Å². The van der Waals surface area contributed by atoms with E-state index in [9.17, 15) is 18.0 Å². The summed E-state index contributed by atoms with van der Waals surface area (Å²) in [6.45, 7) is -1.56. The lowest BCUT2D eigenvalue weighted by Crippen LogP contribution is -2.44. The van der Waals surface area contributed by atoms with Crippen LogP contribution in [0.5, 0.6) is 0 Å². The van der Waals surface area contributed by atoms with Crippen molar-refractivity contribution in [2.24, 2.45) is 0 Å². The van der Waals surface area contributed by atoms with E-state index >= 15 is 0 Å². The summed E-state index contributed by atoms with van der Waals surface area (Å²) in [5, 5.41) is 0. The van der Waals surface area contributed by atoms with E-state index in [0.29, 0.717) is 6.54 Å². The molecule has 0 atom stereocenters. The average Bonchev–Trinajstić information content (AvgIpc) is 2.35. The van der Waals surface area contributed by atoms with Gasteiger partial charge in [0, 0.05) is 18.5 Å². The van der Waals surface area contributed by atoms with Crippen LogP contribution in [0.2, 0.25) is 0 Å². The fraction of sp³-hybridized carbons (Fsp3) is 0.917. The van der Waals surface area contributed by atoms with Gasteiger partial charge in [-0.05, 0) is 12.8 Å². The highest BCUT2D eigenvalue weighted by molar-refractivity contribution is 6.18. The SMILES string of the molecule is O=C(COCC(F)(F)F)N(CCCl)C1CCCCC1. The van der Waals surface area contributed by atoms with Crippen LogP contribution in [0, 0.1) is 0 Å². The quantitative estimate of drug-likeness (QED) is 0.706. The van der Waals surface area contributed by atoms with E-state index in [1.807, 2.05) is 0 Å². The summed E-state index contributed by atoms with van der Waals surface area (Å²) in [6.07, 6.45) is 0.608. The van der Waals surface area contributed by atoms with Gasteiger partial charge in [0.2, 0.25) is 5.91 Å². The first-order valence-electron chi connectivity index (χ1n) is 6.44. The van der Waals surface area contributed by atoms with Crippen molar-refractivity contribution in [2.45, 2.75) is 44.3 Å². The molecule has 1 aliphatic rings. The third-order valence-electron chi connectivity index (χ3n) is 3.15. The molecule has 1 fully saturated rings. The highest BCUT2D eigenvalue weighted by Crippen LogP contribution is 2.23. The van der Waals surface area contributed by atoms with Crippen molar-refractivity contribution in [3.63, 3.8) is 0 Å². The van der Waals surface area contributed by atoms with Gasteiger partial charge in [-0.2, -0.15) is 13.2 Å². The van der Waals surface area contributed by atoms with Gasteiger partial charge in [0.05, 0.1) is 0 Å². The maximum atomic E-state index is 11.9. The zero-order valence-corrected chi connectivity index (χ0v) is 11.5. The van der Waals surface area contributed by atoms with Crippen molar-refractivity contribution >= 4 is 17.5 Å². The Balaban J connectivity index is 2.43. The highest BCUT2D eigenvalue weighted by atomic mass is 35.5. The molecule has 0 spiro atoms. The van der Waals surface area contributed by atoms with Gasteiger partial charge in [-0.1, -0.05) is 19.3 Å². The van der Waals surface area contributed by atoms with Gasteiger partial charge in [-0.25, -0.2) is 0 Å². The molecule has 1 amide bonds. The van der Waals surface area contributed by atoms with Gasteiger partial charge < -0.3 is 9.64 Å². The minimum absolute atomic E-state index is 0.0921. The van der Waals surface area contributed by atoms with Crippen LogP contribution in [0.4, 0.5) is 13.2 Å². The predicted molar refractivity (Wildman–Crippen MR) is 66.2 cm³/mol. The van der Waals surface area contributed by atoms with Crippen molar-refractivity contribution in [2.75, 3.05) is 25.6 Å². The van der Waals surface area contributed by atoms with Gasteiger partial charge in [-0.15, -0.1) is 11.6 Å². The van der Waals surface area contributed by atoms with Crippen LogP contribution in [0.25, 0.3) is 0 Å². The van der Waals surface area contributed by atoms with Crippen molar-refractivity contribution in [1.82, 2.24) is 4.90 Å². The van der Waals surface area contributed by atoms with Crippen LogP contribution < -0.4 is 0 Å². The number of alkyl halides is 4. The molecule has 0 radical (unpaired) electrons. The first-order chi connectivity index (χ1) is 8.94. The maximum Gasteiger partial charge on any atom is 0.411 e. The molecule has 19 heavy (non-hydrogen) atoms. The van der Waals surface area contributed by atoms with Crippen LogP contribution in [-0.2, 0) is 9.53 Å². The Kier molecular flexibility index (Phi) is 6.93.